The van der Waals surface area contributed by atoms with Gasteiger partial charge in [-0.25, -0.2) is 0 Å². The van der Waals surface area contributed by atoms with Crippen LogP contribution in [-0.4, -0.2) is 89.8 Å². The van der Waals surface area contributed by atoms with Gasteiger partial charge in [0.2, 0.25) is 5.91 Å². The van der Waals surface area contributed by atoms with Gasteiger partial charge in [-0.2, -0.15) is 13.2 Å². The number of nitrogens with one attached hydrogen (secondary N) is 2. The van der Waals surface area contributed by atoms with Crippen molar-refractivity contribution in [3.8, 4) is 0 Å². The molecule has 182 valence electrons. The number of morpholine rings is 1. The summed E-state index contributed by atoms with van der Waals surface area (Å²) in [6, 6.07) is 3.15. The Bertz CT molecular complexity index is 883. The van der Waals surface area contributed by atoms with E-state index < -0.39 is 41.9 Å². The molecule has 0 radical (unpaired) electrons. The Morgan fingerprint density at radius 1 is 1.27 bits per heavy atom. The minimum Gasteiger partial charge on any atom is -0.390 e. The number of hydrogen-bond donors (Lipinski definition) is 4. The van der Waals surface area contributed by atoms with Crippen LogP contribution in [0.3, 0.4) is 0 Å². The predicted octanol–water partition coefficient (Wildman–Crippen LogP) is 0.327. The summed E-state index contributed by atoms with van der Waals surface area (Å²) >= 11 is 5.37. The molecular weight excluding hydrogens is 461 g/mol. The van der Waals surface area contributed by atoms with E-state index in [9.17, 15) is 28.2 Å². The third-order valence-electron chi connectivity index (χ3n) is 6.46. The van der Waals surface area contributed by atoms with Crippen LogP contribution in [0, 0.1) is 5.92 Å². The number of rotatable bonds is 5. The summed E-state index contributed by atoms with van der Waals surface area (Å²) in [4.78, 5) is 16.7. The van der Waals surface area contributed by atoms with Crippen molar-refractivity contribution in [1.82, 2.24) is 15.5 Å². The fraction of sp³-hybridized carbons (Fsp3) is 0.619. The van der Waals surface area contributed by atoms with Crippen molar-refractivity contribution in [3.05, 3.63) is 29.8 Å². The molecule has 8 nitrogen and oxygen atoms in total. The Kier molecular flexibility index (Phi) is 7.10. The molecule has 0 bridgehead atoms. The van der Waals surface area contributed by atoms with Gasteiger partial charge in [-0.15, -0.1) is 0 Å². The minimum atomic E-state index is -4.54. The van der Waals surface area contributed by atoms with E-state index in [0.717, 1.165) is 25.2 Å². The molecule has 2 saturated heterocycles. The summed E-state index contributed by atoms with van der Waals surface area (Å²) in [6.07, 6.45) is -6.96. The quantitative estimate of drug-likeness (QED) is 0.441. The van der Waals surface area contributed by atoms with Gasteiger partial charge in [-0.3, -0.25) is 9.69 Å². The summed E-state index contributed by atoms with van der Waals surface area (Å²) in [5, 5.41) is 26.8. The van der Waals surface area contributed by atoms with Crippen molar-refractivity contribution in [3.63, 3.8) is 0 Å². The number of aliphatic hydroxyl groups is 2. The molecule has 2 heterocycles. The third kappa shape index (κ3) is 5.09. The third-order valence-corrected chi connectivity index (χ3v) is 6.78. The van der Waals surface area contributed by atoms with Crippen LogP contribution in [0.25, 0.3) is 0 Å². The molecule has 1 amide bonds. The highest BCUT2D eigenvalue weighted by Crippen LogP contribution is 2.38. The normalized spacial score (nSPS) is 30.6. The number of alkyl halides is 3. The van der Waals surface area contributed by atoms with Crippen molar-refractivity contribution < 1.29 is 32.9 Å². The number of nitrogens with zero attached hydrogens (tertiary/aromatic N) is 2. The molecule has 0 spiro atoms. The molecule has 12 heteroatoms. The van der Waals surface area contributed by atoms with Gasteiger partial charge in [-0.1, -0.05) is 6.07 Å². The number of halogens is 3. The van der Waals surface area contributed by atoms with Gasteiger partial charge >= 0.3 is 6.18 Å². The summed E-state index contributed by atoms with van der Waals surface area (Å²) < 4.78 is 45.1. The monoisotopic (exact) mass is 488 g/mol. The van der Waals surface area contributed by atoms with E-state index in [2.05, 4.69) is 15.5 Å². The van der Waals surface area contributed by atoms with Gasteiger partial charge in [0.15, 0.2) is 5.11 Å². The average Bonchev–Trinajstić information content (AvgIpc) is 3.13. The summed E-state index contributed by atoms with van der Waals surface area (Å²) in [5.74, 6) is -1.13. The largest absolute Gasteiger partial charge is 0.416 e. The Labute approximate surface area is 194 Å². The SMILES string of the molecule is O=C(NCCN1CCOCC1)[C@@H]1C[C@@H](O)[C@H](O)[C@@H]2NC(=S)N(c3cccc(C(F)(F)F)c3)[C@@H]21. The van der Waals surface area contributed by atoms with Crippen LogP contribution in [0.5, 0.6) is 0 Å². The number of aliphatic hydroxyl groups excluding tert-OH is 2. The number of ether oxygens (including phenoxy) is 1. The number of carbonyl (C=O) groups is 1. The van der Waals surface area contributed by atoms with Crippen LogP contribution >= 0.6 is 12.2 Å². The number of anilines is 1. The highest BCUT2D eigenvalue weighted by Gasteiger charge is 2.54. The number of hydrogen-bond acceptors (Lipinski definition) is 6. The molecule has 2 aliphatic heterocycles. The van der Waals surface area contributed by atoms with Gasteiger partial charge in [0.25, 0.3) is 0 Å². The lowest BCUT2D eigenvalue weighted by Gasteiger charge is -2.41. The van der Waals surface area contributed by atoms with Gasteiger partial charge in [0.05, 0.1) is 42.9 Å². The fourth-order valence-corrected chi connectivity index (χ4v) is 5.13. The van der Waals surface area contributed by atoms with E-state index in [-0.39, 0.29) is 23.1 Å². The standard InChI is InChI=1S/C21H27F3N4O4S/c22-21(23,24)12-2-1-3-13(10-12)28-17-14(11-15(29)18(30)16(17)26-20(28)33)19(31)25-4-5-27-6-8-32-9-7-27/h1-3,10,14-18,29-30H,4-9,11H2,(H,25,31)(H,26,33)/t14-,15-,16-,17-,18+/m1/s1. The van der Waals surface area contributed by atoms with Crippen LogP contribution in [0.1, 0.15) is 12.0 Å². The maximum Gasteiger partial charge on any atom is 0.416 e. The van der Waals surface area contributed by atoms with Gasteiger partial charge in [-0.05, 0) is 36.8 Å². The fourth-order valence-electron chi connectivity index (χ4n) is 4.77. The highest BCUT2D eigenvalue weighted by atomic mass is 32.1. The average molecular weight is 489 g/mol. The molecule has 3 fully saturated rings. The molecular formula is C21H27F3N4O4S. The first-order valence-corrected chi connectivity index (χ1v) is 11.3. The van der Waals surface area contributed by atoms with E-state index in [1.165, 1.54) is 17.0 Å². The first-order chi connectivity index (χ1) is 15.7. The molecule has 0 aromatic heterocycles. The molecule has 3 aliphatic rings. The molecule has 0 unspecified atom stereocenters. The number of thiocarbonyl (C=S) groups is 1. The number of amides is 1. The Morgan fingerprint density at radius 3 is 2.70 bits per heavy atom. The van der Waals surface area contributed by atoms with Crippen molar-refractivity contribution in [2.45, 2.75) is 36.9 Å². The molecule has 4 rings (SSSR count). The smallest absolute Gasteiger partial charge is 0.390 e. The Morgan fingerprint density at radius 2 is 2.00 bits per heavy atom. The van der Waals surface area contributed by atoms with Crippen molar-refractivity contribution in [2.75, 3.05) is 44.3 Å². The second-order valence-corrected chi connectivity index (χ2v) is 8.92. The topological polar surface area (TPSA) is 97.3 Å². The van der Waals surface area contributed by atoms with E-state index >= 15 is 0 Å². The molecule has 4 N–H and O–H groups in total. The van der Waals surface area contributed by atoms with E-state index in [0.29, 0.717) is 26.3 Å². The summed E-state index contributed by atoms with van der Waals surface area (Å²) in [6.45, 7) is 3.84. The molecule has 1 aliphatic carbocycles. The van der Waals surface area contributed by atoms with Crippen molar-refractivity contribution in [2.24, 2.45) is 5.92 Å². The van der Waals surface area contributed by atoms with Gasteiger partial charge < -0.3 is 30.5 Å². The second-order valence-electron chi connectivity index (χ2n) is 8.53. The zero-order valence-electron chi connectivity index (χ0n) is 17.8. The predicted molar refractivity (Wildman–Crippen MR) is 118 cm³/mol. The first kappa shape index (κ1) is 24.1. The Hall–Kier alpha value is -1.99. The maximum atomic E-state index is 13.3. The molecule has 5 atom stereocenters. The summed E-state index contributed by atoms with van der Waals surface area (Å²) in [5.41, 5.74) is -0.668. The second kappa shape index (κ2) is 9.71. The van der Waals surface area contributed by atoms with E-state index in [1.54, 1.807) is 0 Å². The Balaban J connectivity index is 1.54. The molecule has 33 heavy (non-hydrogen) atoms. The van der Waals surface area contributed by atoms with Crippen LogP contribution in [0.2, 0.25) is 0 Å². The zero-order valence-corrected chi connectivity index (χ0v) is 18.6. The lowest BCUT2D eigenvalue weighted by molar-refractivity contribution is -0.137. The van der Waals surface area contributed by atoms with Crippen LogP contribution in [0.4, 0.5) is 18.9 Å². The zero-order chi connectivity index (χ0) is 23.8. The maximum absolute atomic E-state index is 13.3. The van der Waals surface area contributed by atoms with Crippen LogP contribution in [-0.2, 0) is 15.7 Å². The highest BCUT2D eigenvalue weighted by molar-refractivity contribution is 7.80. The molecule has 1 aromatic carbocycles. The number of benzene rings is 1. The first-order valence-electron chi connectivity index (χ1n) is 10.9. The number of carbonyl (C=O) groups excluding carboxylic acids is 1. The lowest BCUT2D eigenvalue weighted by Crippen LogP contribution is -2.61. The van der Waals surface area contributed by atoms with Gasteiger partial charge in [0, 0.05) is 31.9 Å². The van der Waals surface area contributed by atoms with Gasteiger partial charge in [0.1, 0.15) is 6.10 Å². The molecule has 1 aromatic rings. The van der Waals surface area contributed by atoms with E-state index in [4.69, 9.17) is 17.0 Å². The summed E-state index contributed by atoms with van der Waals surface area (Å²) in [7, 11) is 0. The van der Waals surface area contributed by atoms with Crippen molar-refractivity contribution >= 4 is 28.9 Å². The van der Waals surface area contributed by atoms with Crippen LogP contribution in [0.15, 0.2) is 24.3 Å². The minimum absolute atomic E-state index is 0.0362. The van der Waals surface area contributed by atoms with E-state index in [1.807, 2.05) is 0 Å². The number of fused-ring (bicyclic) bond motifs is 1. The van der Waals surface area contributed by atoms with Crippen LogP contribution < -0.4 is 15.5 Å². The van der Waals surface area contributed by atoms with Crippen molar-refractivity contribution in [1.29, 1.82) is 0 Å². The lowest BCUT2D eigenvalue weighted by atomic mass is 9.77. The molecule has 1 saturated carbocycles.